The first-order chi connectivity index (χ1) is 11.5. The van der Waals surface area contributed by atoms with Crippen LogP contribution in [0.15, 0.2) is 18.3 Å². The molecule has 0 spiro atoms. The van der Waals surface area contributed by atoms with Gasteiger partial charge in [0.15, 0.2) is 0 Å². The van der Waals surface area contributed by atoms with Gasteiger partial charge in [0, 0.05) is 38.2 Å². The van der Waals surface area contributed by atoms with Gasteiger partial charge in [0.05, 0.1) is 5.75 Å². The SMILES string of the molecule is Cc1ccc(C2CCN(S(=O)(=O)CCC3CCOCC3)CC2)cn1. The van der Waals surface area contributed by atoms with Crippen molar-refractivity contribution in [2.45, 2.75) is 44.9 Å². The molecule has 134 valence electrons. The van der Waals surface area contributed by atoms with Crippen molar-refractivity contribution in [2.24, 2.45) is 5.92 Å². The van der Waals surface area contributed by atoms with Crippen LogP contribution < -0.4 is 0 Å². The molecule has 3 heterocycles. The molecule has 5 nitrogen and oxygen atoms in total. The molecule has 6 heteroatoms. The first-order valence-corrected chi connectivity index (χ1v) is 10.6. The summed E-state index contributed by atoms with van der Waals surface area (Å²) in [5.74, 6) is 1.22. The van der Waals surface area contributed by atoms with Crippen LogP contribution in [-0.2, 0) is 14.8 Å². The van der Waals surface area contributed by atoms with E-state index in [0.717, 1.165) is 51.0 Å². The van der Waals surface area contributed by atoms with Crippen molar-refractivity contribution in [3.05, 3.63) is 29.6 Å². The molecule has 0 aliphatic carbocycles. The Morgan fingerprint density at radius 3 is 2.50 bits per heavy atom. The smallest absolute Gasteiger partial charge is 0.214 e. The molecule has 2 aliphatic heterocycles. The van der Waals surface area contributed by atoms with Crippen LogP contribution in [0, 0.1) is 12.8 Å². The molecule has 2 saturated heterocycles. The van der Waals surface area contributed by atoms with Crippen molar-refractivity contribution in [1.82, 2.24) is 9.29 Å². The van der Waals surface area contributed by atoms with Crippen LogP contribution in [0.3, 0.4) is 0 Å². The lowest BCUT2D eigenvalue weighted by Crippen LogP contribution is -2.39. The Balaban J connectivity index is 1.50. The number of hydrogen-bond acceptors (Lipinski definition) is 4. The van der Waals surface area contributed by atoms with Gasteiger partial charge in [0.25, 0.3) is 0 Å². The molecule has 0 bridgehead atoms. The molecule has 0 amide bonds. The average molecular weight is 353 g/mol. The quantitative estimate of drug-likeness (QED) is 0.817. The minimum absolute atomic E-state index is 0.286. The van der Waals surface area contributed by atoms with Crippen LogP contribution in [0.25, 0.3) is 0 Å². The van der Waals surface area contributed by atoms with Gasteiger partial charge in [-0.15, -0.1) is 0 Å². The monoisotopic (exact) mass is 352 g/mol. The normalized spacial score (nSPS) is 21.9. The van der Waals surface area contributed by atoms with Crippen molar-refractivity contribution >= 4 is 10.0 Å². The maximum atomic E-state index is 12.6. The molecule has 0 saturated carbocycles. The largest absolute Gasteiger partial charge is 0.381 e. The third kappa shape index (κ3) is 4.55. The summed E-state index contributed by atoms with van der Waals surface area (Å²) in [6.07, 6.45) is 6.49. The number of ether oxygens (including phenoxy) is 1. The summed E-state index contributed by atoms with van der Waals surface area (Å²) in [5.41, 5.74) is 2.26. The van der Waals surface area contributed by atoms with Gasteiger partial charge in [0.1, 0.15) is 0 Å². The van der Waals surface area contributed by atoms with E-state index in [-0.39, 0.29) is 5.75 Å². The summed E-state index contributed by atoms with van der Waals surface area (Å²) in [6, 6.07) is 4.16. The van der Waals surface area contributed by atoms with Crippen LogP contribution in [0.4, 0.5) is 0 Å². The first-order valence-electron chi connectivity index (χ1n) is 9.03. The van der Waals surface area contributed by atoms with Gasteiger partial charge in [-0.1, -0.05) is 6.07 Å². The zero-order chi connectivity index (χ0) is 17.0. The number of hydrogen-bond donors (Lipinski definition) is 0. The lowest BCUT2D eigenvalue weighted by Gasteiger charge is -2.32. The number of pyridine rings is 1. The van der Waals surface area contributed by atoms with Gasteiger partial charge in [-0.3, -0.25) is 4.98 Å². The highest BCUT2D eigenvalue weighted by Gasteiger charge is 2.29. The predicted molar refractivity (Wildman–Crippen MR) is 94.5 cm³/mol. The minimum atomic E-state index is -3.12. The number of piperidine rings is 1. The fourth-order valence-corrected chi connectivity index (χ4v) is 5.32. The number of nitrogens with zero attached hydrogens (tertiary/aromatic N) is 2. The van der Waals surface area contributed by atoms with E-state index in [1.807, 2.05) is 19.2 Å². The highest BCUT2D eigenvalue weighted by Crippen LogP contribution is 2.29. The maximum absolute atomic E-state index is 12.6. The fraction of sp³-hybridized carbons (Fsp3) is 0.722. The highest BCUT2D eigenvalue weighted by molar-refractivity contribution is 7.89. The molecule has 24 heavy (non-hydrogen) atoms. The van der Waals surface area contributed by atoms with E-state index in [9.17, 15) is 8.42 Å². The number of aryl methyl sites for hydroxylation is 1. The second kappa shape index (κ2) is 7.93. The van der Waals surface area contributed by atoms with Gasteiger partial charge in [0.2, 0.25) is 10.0 Å². The van der Waals surface area contributed by atoms with Crippen molar-refractivity contribution in [3.63, 3.8) is 0 Å². The summed E-state index contributed by atoms with van der Waals surface area (Å²) in [5, 5.41) is 0. The molecule has 0 N–H and O–H groups in total. The van der Waals surface area contributed by atoms with Crippen LogP contribution in [0.2, 0.25) is 0 Å². The molecule has 1 aromatic rings. The Morgan fingerprint density at radius 1 is 1.17 bits per heavy atom. The fourth-order valence-electron chi connectivity index (χ4n) is 3.67. The van der Waals surface area contributed by atoms with Crippen LogP contribution in [-0.4, -0.2) is 49.8 Å². The van der Waals surface area contributed by atoms with E-state index in [1.54, 1.807) is 4.31 Å². The molecule has 0 atom stereocenters. The zero-order valence-electron chi connectivity index (χ0n) is 14.5. The van der Waals surface area contributed by atoms with Crippen molar-refractivity contribution in [2.75, 3.05) is 32.1 Å². The van der Waals surface area contributed by atoms with Crippen LogP contribution >= 0.6 is 0 Å². The predicted octanol–water partition coefficient (Wildman–Crippen LogP) is 2.72. The Bertz CT molecular complexity index is 616. The van der Waals surface area contributed by atoms with Crippen LogP contribution in [0.5, 0.6) is 0 Å². The third-order valence-electron chi connectivity index (χ3n) is 5.38. The molecule has 2 aliphatic rings. The molecular weight excluding hydrogens is 324 g/mol. The summed E-state index contributed by atoms with van der Waals surface area (Å²) >= 11 is 0. The van der Waals surface area contributed by atoms with Crippen LogP contribution in [0.1, 0.15) is 49.3 Å². The molecule has 0 radical (unpaired) electrons. The van der Waals surface area contributed by atoms with E-state index in [1.165, 1.54) is 5.56 Å². The van der Waals surface area contributed by atoms with Gasteiger partial charge in [-0.05, 0) is 62.5 Å². The highest BCUT2D eigenvalue weighted by atomic mass is 32.2. The first kappa shape index (κ1) is 17.8. The molecule has 0 unspecified atom stereocenters. The molecule has 3 rings (SSSR count). The van der Waals surface area contributed by atoms with E-state index in [2.05, 4.69) is 11.1 Å². The number of rotatable bonds is 5. The van der Waals surface area contributed by atoms with E-state index < -0.39 is 10.0 Å². The average Bonchev–Trinajstić information content (AvgIpc) is 2.62. The standard InChI is InChI=1S/C18H28N2O3S/c1-15-2-3-18(14-19-15)17-4-9-20(10-5-17)24(21,22)13-8-16-6-11-23-12-7-16/h2-3,14,16-17H,4-13H2,1H3. The molecule has 2 fully saturated rings. The molecule has 1 aromatic heterocycles. The van der Waals surface area contributed by atoms with Crippen molar-refractivity contribution < 1.29 is 13.2 Å². The number of aromatic nitrogens is 1. The lowest BCUT2D eigenvalue weighted by molar-refractivity contribution is 0.0655. The third-order valence-corrected chi connectivity index (χ3v) is 7.28. The Labute approximate surface area is 145 Å². The van der Waals surface area contributed by atoms with Crippen molar-refractivity contribution in [3.8, 4) is 0 Å². The van der Waals surface area contributed by atoms with Gasteiger partial charge < -0.3 is 4.74 Å². The Morgan fingerprint density at radius 2 is 1.88 bits per heavy atom. The van der Waals surface area contributed by atoms with Gasteiger partial charge in [-0.2, -0.15) is 0 Å². The zero-order valence-corrected chi connectivity index (χ0v) is 15.3. The summed E-state index contributed by atoms with van der Waals surface area (Å²) < 4.78 is 32.2. The van der Waals surface area contributed by atoms with Crippen molar-refractivity contribution in [1.29, 1.82) is 0 Å². The van der Waals surface area contributed by atoms with Gasteiger partial charge >= 0.3 is 0 Å². The Hall–Kier alpha value is -0.980. The van der Waals surface area contributed by atoms with Gasteiger partial charge in [-0.25, -0.2) is 12.7 Å². The van der Waals surface area contributed by atoms with E-state index >= 15 is 0 Å². The molecular formula is C18H28N2O3S. The van der Waals surface area contributed by atoms with E-state index in [0.29, 0.717) is 24.9 Å². The summed E-state index contributed by atoms with van der Waals surface area (Å²) in [7, 11) is -3.12. The summed E-state index contributed by atoms with van der Waals surface area (Å²) in [4.78, 5) is 4.36. The number of sulfonamides is 1. The lowest BCUT2D eigenvalue weighted by atomic mass is 9.91. The Kier molecular flexibility index (Phi) is 5.89. The second-order valence-electron chi connectivity index (χ2n) is 7.07. The molecule has 0 aromatic carbocycles. The minimum Gasteiger partial charge on any atom is -0.381 e. The second-order valence-corrected chi connectivity index (χ2v) is 9.16. The maximum Gasteiger partial charge on any atom is 0.214 e. The summed E-state index contributed by atoms with van der Waals surface area (Å²) in [6.45, 7) is 4.81. The van der Waals surface area contributed by atoms with E-state index in [4.69, 9.17) is 4.74 Å². The topological polar surface area (TPSA) is 59.5 Å².